The first kappa shape index (κ1) is 24.8. The number of nitrogens with zero attached hydrogens (tertiary/aromatic N) is 2. The van der Waals surface area contributed by atoms with E-state index in [0.717, 1.165) is 61.5 Å². The Morgan fingerprint density at radius 2 is 1.65 bits per heavy atom. The van der Waals surface area contributed by atoms with E-state index in [4.69, 9.17) is 9.72 Å². The molecule has 0 spiro atoms. The lowest BCUT2D eigenvalue weighted by Crippen LogP contribution is -2.27. The third-order valence-electron chi connectivity index (χ3n) is 6.98. The zero-order valence-corrected chi connectivity index (χ0v) is 21.8. The van der Waals surface area contributed by atoms with E-state index in [1.165, 1.54) is 22.0 Å². The number of pyridine rings is 1. The molecule has 0 radical (unpaired) electrons. The van der Waals surface area contributed by atoms with Crippen molar-refractivity contribution in [1.29, 1.82) is 0 Å². The summed E-state index contributed by atoms with van der Waals surface area (Å²) < 4.78 is 7.98. The van der Waals surface area contributed by atoms with E-state index in [1.807, 2.05) is 30.3 Å². The monoisotopic (exact) mass is 492 g/mol. The Kier molecular flexibility index (Phi) is 8.02. The Bertz CT molecular complexity index is 1440. The standard InChI is InChI=1S/C32H36N4O/c1-3-11-25(20-34-32-18-31(37-2)28-15-7-9-16-29(28)35-32)19-33-21-26-23-36(22-24-12-5-4-6-13-24)30-17-10-8-14-27(26)30/h4-10,12-18,23,25,33H,3,11,19-22H2,1-2H3,(H,34,35)/t25-/m1/s1. The first-order valence-corrected chi connectivity index (χ1v) is 13.2. The van der Waals surface area contributed by atoms with Crippen LogP contribution in [0.15, 0.2) is 91.1 Å². The molecule has 2 N–H and O–H groups in total. The van der Waals surface area contributed by atoms with E-state index in [-0.39, 0.29) is 0 Å². The number of hydrogen-bond acceptors (Lipinski definition) is 4. The highest BCUT2D eigenvalue weighted by molar-refractivity contribution is 5.87. The highest BCUT2D eigenvalue weighted by Crippen LogP contribution is 2.27. The lowest BCUT2D eigenvalue weighted by molar-refractivity contribution is 0.419. The molecule has 5 aromatic rings. The van der Waals surface area contributed by atoms with Gasteiger partial charge in [-0.25, -0.2) is 4.98 Å². The Morgan fingerprint density at radius 1 is 0.892 bits per heavy atom. The van der Waals surface area contributed by atoms with Crippen molar-refractivity contribution in [2.24, 2.45) is 5.92 Å². The fraction of sp³-hybridized carbons (Fsp3) is 0.281. The molecular formula is C32H36N4O. The SMILES string of the molecule is CCC[C@H](CNCc1cn(Cc2ccccc2)c2ccccc12)CNc1cc(OC)c2ccccc2n1. The van der Waals surface area contributed by atoms with Crippen molar-refractivity contribution in [1.82, 2.24) is 14.9 Å². The minimum atomic E-state index is 0.502. The van der Waals surface area contributed by atoms with Crippen molar-refractivity contribution in [3.8, 4) is 5.75 Å². The van der Waals surface area contributed by atoms with Crippen molar-refractivity contribution < 1.29 is 4.74 Å². The van der Waals surface area contributed by atoms with Gasteiger partial charge in [-0.3, -0.25) is 0 Å². The average Bonchev–Trinajstić information content (AvgIpc) is 3.28. The second-order valence-electron chi connectivity index (χ2n) is 9.68. The number of para-hydroxylation sites is 2. The first-order chi connectivity index (χ1) is 18.2. The van der Waals surface area contributed by atoms with Crippen LogP contribution in [0.4, 0.5) is 5.82 Å². The second kappa shape index (κ2) is 11.9. The number of rotatable bonds is 12. The largest absolute Gasteiger partial charge is 0.496 e. The molecule has 3 aromatic carbocycles. The van der Waals surface area contributed by atoms with Crippen LogP contribution in [0.3, 0.4) is 0 Å². The van der Waals surface area contributed by atoms with E-state index < -0.39 is 0 Å². The number of anilines is 1. The predicted octanol–water partition coefficient (Wildman–Crippen LogP) is 6.86. The molecule has 5 heteroatoms. The molecule has 0 saturated carbocycles. The maximum atomic E-state index is 5.62. The Hall–Kier alpha value is -3.83. The van der Waals surface area contributed by atoms with Crippen LogP contribution in [0.25, 0.3) is 21.8 Å². The van der Waals surface area contributed by atoms with Crippen molar-refractivity contribution in [2.75, 3.05) is 25.5 Å². The molecule has 0 bridgehead atoms. The summed E-state index contributed by atoms with van der Waals surface area (Å²) in [6.07, 6.45) is 4.61. The molecule has 0 aliphatic carbocycles. The molecule has 5 nitrogen and oxygen atoms in total. The summed E-state index contributed by atoms with van der Waals surface area (Å²) in [6.45, 7) is 5.80. The van der Waals surface area contributed by atoms with E-state index in [2.05, 4.69) is 82.9 Å². The number of benzene rings is 3. The number of ether oxygens (including phenoxy) is 1. The first-order valence-electron chi connectivity index (χ1n) is 13.2. The molecule has 0 aliphatic heterocycles. The summed E-state index contributed by atoms with van der Waals surface area (Å²) >= 11 is 0. The van der Waals surface area contributed by atoms with Gasteiger partial charge in [-0.1, -0.05) is 74.0 Å². The van der Waals surface area contributed by atoms with Crippen molar-refractivity contribution in [3.05, 3.63) is 102 Å². The summed E-state index contributed by atoms with van der Waals surface area (Å²) in [4.78, 5) is 4.80. The van der Waals surface area contributed by atoms with Gasteiger partial charge >= 0.3 is 0 Å². The molecule has 5 rings (SSSR count). The highest BCUT2D eigenvalue weighted by Gasteiger charge is 2.12. The Labute approximate surface area is 219 Å². The van der Waals surface area contributed by atoms with Crippen LogP contribution < -0.4 is 15.4 Å². The fourth-order valence-electron chi connectivity index (χ4n) is 5.12. The molecule has 0 saturated heterocycles. The molecule has 2 aromatic heterocycles. The lowest BCUT2D eigenvalue weighted by Gasteiger charge is -2.19. The number of aromatic nitrogens is 2. The maximum absolute atomic E-state index is 5.62. The van der Waals surface area contributed by atoms with Gasteiger partial charge in [-0.15, -0.1) is 0 Å². The van der Waals surface area contributed by atoms with Crippen molar-refractivity contribution >= 4 is 27.6 Å². The maximum Gasteiger partial charge on any atom is 0.131 e. The van der Waals surface area contributed by atoms with Crippen LogP contribution in [-0.2, 0) is 13.1 Å². The smallest absolute Gasteiger partial charge is 0.131 e. The van der Waals surface area contributed by atoms with Gasteiger partial charge in [0.25, 0.3) is 0 Å². The van der Waals surface area contributed by atoms with Gasteiger partial charge in [-0.05, 0) is 48.2 Å². The molecule has 0 aliphatic rings. The minimum Gasteiger partial charge on any atom is -0.496 e. The Balaban J connectivity index is 1.24. The van der Waals surface area contributed by atoms with Gasteiger partial charge in [0.1, 0.15) is 11.6 Å². The van der Waals surface area contributed by atoms with Gasteiger partial charge in [0.15, 0.2) is 0 Å². The van der Waals surface area contributed by atoms with Crippen molar-refractivity contribution in [2.45, 2.75) is 32.9 Å². The molecule has 37 heavy (non-hydrogen) atoms. The zero-order chi connectivity index (χ0) is 25.5. The molecule has 190 valence electrons. The van der Waals surface area contributed by atoms with Gasteiger partial charge in [0.2, 0.25) is 0 Å². The van der Waals surface area contributed by atoms with Crippen LogP contribution in [0.1, 0.15) is 30.9 Å². The quantitative estimate of drug-likeness (QED) is 0.200. The molecule has 0 fully saturated rings. The average molecular weight is 493 g/mol. The van der Waals surface area contributed by atoms with Crippen LogP contribution in [-0.4, -0.2) is 29.8 Å². The van der Waals surface area contributed by atoms with E-state index >= 15 is 0 Å². The van der Waals surface area contributed by atoms with Crippen LogP contribution in [0, 0.1) is 5.92 Å². The van der Waals surface area contributed by atoms with Gasteiger partial charge in [0.05, 0.1) is 12.6 Å². The molecule has 1 atom stereocenters. The molecular weight excluding hydrogens is 456 g/mol. The normalized spacial score (nSPS) is 12.2. The second-order valence-corrected chi connectivity index (χ2v) is 9.68. The number of hydrogen-bond donors (Lipinski definition) is 2. The predicted molar refractivity (Wildman–Crippen MR) is 154 cm³/mol. The number of methoxy groups -OCH3 is 1. The molecule has 0 unspecified atom stereocenters. The summed E-state index contributed by atoms with van der Waals surface area (Å²) in [7, 11) is 1.71. The Morgan fingerprint density at radius 3 is 2.46 bits per heavy atom. The highest BCUT2D eigenvalue weighted by atomic mass is 16.5. The van der Waals surface area contributed by atoms with Gasteiger partial charge < -0.3 is 19.9 Å². The van der Waals surface area contributed by atoms with E-state index in [0.29, 0.717) is 5.92 Å². The lowest BCUT2D eigenvalue weighted by atomic mass is 10.0. The summed E-state index contributed by atoms with van der Waals surface area (Å²) in [5.74, 6) is 2.22. The number of fused-ring (bicyclic) bond motifs is 2. The van der Waals surface area contributed by atoms with E-state index in [9.17, 15) is 0 Å². The van der Waals surface area contributed by atoms with Gasteiger partial charge in [0, 0.05) is 48.2 Å². The van der Waals surface area contributed by atoms with Crippen LogP contribution in [0.5, 0.6) is 5.75 Å². The zero-order valence-electron chi connectivity index (χ0n) is 21.8. The van der Waals surface area contributed by atoms with Crippen molar-refractivity contribution in [3.63, 3.8) is 0 Å². The number of nitrogens with one attached hydrogen (secondary N) is 2. The summed E-state index contributed by atoms with van der Waals surface area (Å²) in [5, 5.41) is 9.68. The van der Waals surface area contributed by atoms with Crippen LogP contribution >= 0.6 is 0 Å². The molecule has 0 amide bonds. The fourth-order valence-corrected chi connectivity index (χ4v) is 5.12. The third-order valence-corrected chi connectivity index (χ3v) is 6.98. The topological polar surface area (TPSA) is 51.1 Å². The van der Waals surface area contributed by atoms with Gasteiger partial charge in [-0.2, -0.15) is 0 Å². The van der Waals surface area contributed by atoms with Crippen LogP contribution in [0.2, 0.25) is 0 Å². The summed E-state index contributed by atoms with van der Waals surface area (Å²) in [5.41, 5.74) is 4.89. The minimum absolute atomic E-state index is 0.502. The summed E-state index contributed by atoms with van der Waals surface area (Å²) in [6, 6.07) is 29.5. The molecule has 2 heterocycles. The van der Waals surface area contributed by atoms with E-state index in [1.54, 1.807) is 7.11 Å². The third kappa shape index (κ3) is 5.95.